The number of primary amides is 2. The lowest BCUT2D eigenvalue weighted by molar-refractivity contribution is -0.122. The summed E-state index contributed by atoms with van der Waals surface area (Å²) >= 11 is 12.5. The third kappa shape index (κ3) is 4.77. The molecule has 43 heavy (non-hydrogen) atoms. The Bertz CT molecular complexity index is 1650. The maximum Gasteiger partial charge on any atom is 0.248 e. The molecule has 8 nitrogen and oxygen atoms in total. The van der Waals surface area contributed by atoms with Gasteiger partial charge in [0.2, 0.25) is 17.7 Å². The number of alkyl halides is 1. The number of hydrogen-bond donors (Lipinski definition) is 3. The molecule has 5 rings (SSSR count). The van der Waals surface area contributed by atoms with Crippen LogP contribution < -0.4 is 26.4 Å². The summed E-state index contributed by atoms with van der Waals surface area (Å²) in [6, 6.07) is 11.1. The Morgan fingerprint density at radius 3 is 2.47 bits per heavy atom. The van der Waals surface area contributed by atoms with E-state index >= 15 is 4.39 Å². The molecule has 3 aromatic carbocycles. The molecule has 2 aliphatic rings. The van der Waals surface area contributed by atoms with E-state index in [1.165, 1.54) is 43.5 Å². The van der Waals surface area contributed by atoms with Gasteiger partial charge < -0.3 is 26.4 Å². The van der Waals surface area contributed by atoms with Gasteiger partial charge in [-0.05, 0) is 59.4 Å². The van der Waals surface area contributed by atoms with E-state index in [0.29, 0.717) is 16.3 Å². The van der Waals surface area contributed by atoms with E-state index in [1.807, 2.05) is 0 Å². The number of anilines is 2. The number of benzene rings is 3. The number of carbonyl (C=O) groups is 3. The molecule has 5 N–H and O–H groups in total. The highest BCUT2D eigenvalue weighted by atomic mass is 35.5. The van der Waals surface area contributed by atoms with Crippen molar-refractivity contribution in [2.24, 2.45) is 16.9 Å². The zero-order valence-corrected chi connectivity index (χ0v) is 25.1. The number of methoxy groups -OCH3 is 1. The maximum absolute atomic E-state index is 16.1. The van der Waals surface area contributed by atoms with Crippen molar-refractivity contribution in [3.63, 3.8) is 0 Å². The third-order valence-electron chi connectivity index (χ3n) is 8.48. The molecule has 0 bridgehead atoms. The number of nitrogens with two attached hydrogens (primary N) is 2. The van der Waals surface area contributed by atoms with Crippen LogP contribution in [-0.2, 0) is 15.0 Å². The number of hydrogen-bond acceptors (Lipinski definition) is 5. The van der Waals surface area contributed by atoms with Gasteiger partial charge in [-0.2, -0.15) is 0 Å². The highest BCUT2D eigenvalue weighted by Crippen LogP contribution is 2.61. The lowest BCUT2D eigenvalue weighted by Crippen LogP contribution is -2.51. The fourth-order valence-electron chi connectivity index (χ4n) is 6.68. The number of carbonyl (C=O) groups excluding carboxylic acids is 3. The van der Waals surface area contributed by atoms with Crippen molar-refractivity contribution in [2.75, 3.05) is 24.0 Å². The molecular weight excluding hydrogens is 601 g/mol. The minimum Gasteiger partial charge on any atom is -0.495 e. The van der Waals surface area contributed by atoms with Gasteiger partial charge in [-0.1, -0.05) is 55.2 Å². The lowest BCUT2D eigenvalue weighted by atomic mass is 9.62. The molecule has 0 aliphatic carbocycles. The number of halogens is 4. The van der Waals surface area contributed by atoms with Crippen LogP contribution >= 0.6 is 23.2 Å². The van der Waals surface area contributed by atoms with E-state index in [4.69, 9.17) is 39.4 Å². The normalized spacial score (nSPS) is 22.9. The average molecular weight is 632 g/mol. The third-order valence-corrected chi connectivity index (χ3v) is 9.00. The standard InChI is InChI=1S/C31H30Cl2F2N4O4/c1-30(2,14-34)13-23-31(18-9-8-16(32)12-20(18)38-29(31)42)24(17-5-4-6-19(33)25(17)35)26(28(37)41)39(23)21-10-7-15(27(36)40)11-22(21)43-3/h4-12,23-24,26H,13-14H2,1-3H3,(H2,36,40)(H2,37,41)(H,38,42)/t23-,24-,26+,31+/m0/s1. The fraction of sp³-hybridized carbons (Fsp3) is 0.323. The van der Waals surface area contributed by atoms with Crippen molar-refractivity contribution in [1.82, 2.24) is 0 Å². The Labute approximate surface area is 257 Å². The smallest absolute Gasteiger partial charge is 0.248 e. The van der Waals surface area contributed by atoms with Crippen molar-refractivity contribution < 1.29 is 27.9 Å². The zero-order chi connectivity index (χ0) is 31.4. The minimum absolute atomic E-state index is 0.0160. The molecule has 3 amide bonds. The Morgan fingerprint density at radius 1 is 1.12 bits per heavy atom. The first-order valence-electron chi connectivity index (χ1n) is 13.4. The Kier molecular flexibility index (Phi) is 7.81. The summed E-state index contributed by atoms with van der Waals surface area (Å²) in [6.45, 7) is 2.61. The summed E-state index contributed by atoms with van der Waals surface area (Å²) in [7, 11) is 1.36. The largest absolute Gasteiger partial charge is 0.495 e. The number of amides is 3. The molecule has 12 heteroatoms. The number of nitrogens with zero attached hydrogens (tertiary/aromatic N) is 1. The Balaban J connectivity index is 1.93. The first kappa shape index (κ1) is 30.6. The highest BCUT2D eigenvalue weighted by molar-refractivity contribution is 6.31. The van der Waals surface area contributed by atoms with Crippen LogP contribution in [-0.4, -0.2) is 43.6 Å². The Morgan fingerprint density at radius 2 is 1.84 bits per heavy atom. The molecule has 2 aliphatic heterocycles. The van der Waals surface area contributed by atoms with E-state index in [1.54, 1.807) is 36.9 Å². The molecule has 4 atom stereocenters. The van der Waals surface area contributed by atoms with E-state index in [-0.39, 0.29) is 34.0 Å². The average Bonchev–Trinajstić information content (AvgIpc) is 3.40. The molecule has 0 radical (unpaired) electrons. The van der Waals surface area contributed by atoms with E-state index < -0.39 is 59.0 Å². The van der Waals surface area contributed by atoms with Crippen LogP contribution in [0.1, 0.15) is 47.7 Å². The predicted molar refractivity (Wildman–Crippen MR) is 161 cm³/mol. The second kappa shape index (κ2) is 11.0. The second-order valence-electron chi connectivity index (χ2n) is 11.7. The van der Waals surface area contributed by atoms with Crippen LogP contribution in [0, 0.1) is 11.2 Å². The van der Waals surface area contributed by atoms with Crippen molar-refractivity contribution in [3.8, 4) is 5.75 Å². The van der Waals surface area contributed by atoms with Crippen LogP contribution in [0.3, 0.4) is 0 Å². The van der Waals surface area contributed by atoms with Gasteiger partial charge in [0.05, 0.1) is 24.5 Å². The van der Waals surface area contributed by atoms with Crippen LogP contribution in [0.4, 0.5) is 20.2 Å². The van der Waals surface area contributed by atoms with Gasteiger partial charge in [0.25, 0.3) is 0 Å². The molecule has 1 fully saturated rings. The molecule has 0 saturated carbocycles. The van der Waals surface area contributed by atoms with Gasteiger partial charge in [-0.3, -0.25) is 18.8 Å². The fourth-order valence-corrected chi connectivity index (χ4v) is 7.03. The van der Waals surface area contributed by atoms with E-state index in [2.05, 4.69) is 5.32 Å². The SMILES string of the molecule is COc1cc(C(N)=O)ccc1N1[C@@H](CC(C)(C)CF)[C@@]2(C(=O)Nc3cc(Cl)ccc32)[C@@H](c2cccc(Cl)c2F)[C@@H]1C(N)=O. The molecule has 226 valence electrons. The Hall–Kier alpha value is -3.89. The summed E-state index contributed by atoms with van der Waals surface area (Å²) in [5.74, 6) is -4.06. The highest BCUT2D eigenvalue weighted by Gasteiger charge is 2.69. The number of rotatable bonds is 8. The van der Waals surface area contributed by atoms with Gasteiger partial charge >= 0.3 is 0 Å². The van der Waals surface area contributed by atoms with Crippen LogP contribution in [0.5, 0.6) is 5.75 Å². The van der Waals surface area contributed by atoms with Crippen molar-refractivity contribution >= 4 is 52.3 Å². The maximum atomic E-state index is 16.1. The molecule has 0 unspecified atom stereocenters. The van der Waals surface area contributed by atoms with Crippen LogP contribution in [0.15, 0.2) is 54.6 Å². The van der Waals surface area contributed by atoms with Crippen molar-refractivity contribution in [1.29, 1.82) is 0 Å². The summed E-state index contributed by atoms with van der Waals surface area (Å²) in [6.07, 6.45) is 0.0160. The van der Waals surface area contributed by atoms with E-state index in [9.17, 15) is 18.8 Å². The molecule has 1 saturated heterocycles. The lowest BCUT2D eigenvalue weighted by Gasteiger charge is -2.41. The van der Waals surface area contributed by atoms with Gasteiger partial charge in [0, 0.05) is 28.2 Å². The van der Waals surface area contributed by atoms with Gasteiger partial charge in [-0.25, -0.2) is 4.39 Å². The molecule has 3 aromatic rings. The van der Waals surface area contributed by atoms with Crippen LogP contribution in [0.25, 0.3) is 0 Å². The number of nitrogens with one attached hydrogen (secondary N) is 1. The first-order chi connectivity index (χ1) is 20.3. The molecule has 2 heterocycles. The van der Waals surface area contributed by atoms with Gasteiger partial charge in [-0.15, -0.1) is 0 Å². The van der Waals surface area contributed by atoms with Gasteiger partial charge in [0.15, 0.2) is 0 Å². The number of ether oxygens (including phenoxy) is 1. The summed E-state index contributed by atoms with van der Waals surface area (Å²) in [5, 5.41) is 3.00. The molecular formula is C31H30Cl2F2N4O4. The second-order valence-corrected chi connectivity index (χ2v) is 12.5. The van der Waals surface area contributed by atoms with Crippen LogP contribution in [0.2, 0.25) is 10.0 Å². The summed E-state index contributed by atoms with van der Waals surface area (Å²) < 4.78 is 36.3. The predicted octanol–water partition coefficient (Wildman–Crippen LogP) is 5.34. The minimum atomic E-state index is -1.69. The quantitative estimate of drug-likeness (QED) is 0.309. The zero-order valence-electron chi connectivity index (χ0n) is 23.6. The summed E-state index contributed by atoms with van der Waals surface area (Å²) in [5.41, 5.74) is 10.1. The summed E-state index contributed by atoms with van der Waals surface area (Å²) in [4.78, 5) is 41.7. The molecule has 0 aromatic heterocycles. The molecule has 1 spiro atoms. The van der Waals surface area contributed by atoms with Crippen molar-refractivity contribution in [3.05, 3.63) is 87.2 Å². The topological polar surface area (TPSA) is 128 Å². The van der Waals surface area contributed by atoms with Crippen molar-refractivity contribution in [2.45, 2.75) is 43.7 Å². The number of fused-ring (bicyclic) bond motifs is 2. The first-order valence-corrected chi connectivity index (χ1v) is 14.2. The monoisotopic (exact) mass is 630 g/mol. The van der Waals surface area contributed by atoms with E-state index in [0.717, 1.165) is 0 Å². The van der Waals surface area contributed by atoms with Gasteiger partial charge in [0.1, 0.15) is 23.0 Å².